The van der Waals surface area contributed by atoms with E-state index in [1.807, 2.05) is 43.3 Å². The molecule has 134 valence electrons. The molecule has 2 aromatic rings. The highest BCUT2D eigenvalue weighted by atomic mass is 16.5. The normalized spacial score (nSPS) is 24.1. The van der Waals surface area contributed by atoms with Gasteiger partial charge in [0, 0.05) is 24.4 Å². The van der Waals surface area contributed by atoms with Crippen molar-refractivity contribution in [1.82, 2.24) is 5.32 Å². The Hall–Kier alpha value is -2.04. The molecule has 0 aliphatic carbocycles. The lowest BCUT2D eigenvalue weighted by Gasteiger charge is -2.34. The molecule has 1 aliphatic heterocycles. The molecule has 0 saturated carbocycles. The number of hydrogen-bond acceptors (Lipinski definition) is 4. The third kappa shape index (κ3) is 3.65. The van der Waals surface area contributed by atoms with Gasteiger partial charge in [-0.3, -0.25) is 0 Å². The fourth-order valence-electron chi connectivity index (χ4n) is 3.54. The van der Waals surface area contributed by atoms with E-state index >= 15 is 0 Å². The second-order valence-corrected chi connectivity index (χ2v) is 7.05. The minimum Gasteiger partial charge on any atom is -0.493 e. The summed E-state index contributed by atoms with van der Waals surface area (Å²) in [5.74, 6) is 1.70. The van der Waals surface area contributed by atoms with Gasteiger partial charge in [0.15, 0.2) is 11.5 Å². The van der Waals surface area contributed by atoms with Crippen LogP contribution in [0.5, 0.6) is 11.5 Å². The van der Waals surface area contributed by atoms with E-state index in [1.165, 1.54) is 0 Å². The van der Waals surface area contributed by atoms with Crippen molar-refractivity contribution in [2.24, 2.45) is 5.41 Å². The number of benzene rings is 2. The predicted octanol–water partition coefficient (Wildman–Crippen LogP) is 3.35. The zero-order chi connectivity index (χ0) is 17.9. The highest BCUT2D eigenvalue weighted by molar-refractivity contribution is 5.45. The van der Waals surface area contributed by atoms with Crippen LogP contribution in [0.4, 0.5) is 0 Å². The number of ether oxygens (including phenoxy) is 2. The number of methoxy groups -OCH3 is 1. The van der Waals surface area contributed by atoms with Crippen LogP contribution >= 0.6 is 0 Å². The molecule has 1 fully saturated rings. The van der Waals surface area contributed by atoms with Crippen LogP contribution in [-0.4, -0.2) is 31.4 Å². The van der Waals surface area contributed by atoms with Gasteiger partial charge in [-0.05, 0) is 30.2 Å². The van der Waals surface area contributed by atoms with Crippen molar-refractivity contribution in [3.63, 3.8) is 0 Å². The predicted molar refractivity (Wildman–Crippen MR) is 99.2 cm³/mol. The molecule has 0 amide bonds. The lowest BCUT2D eigenvalue weighted by atomic mass is 9.72. The number of aliphatic hydroxyl groups is 1. The highest BCUT2D eigenvalue weighted by Crippen LogP contribution is 2.43. The van der Waals surface area contributed by atoms with E-state index < -0.39 is 0 Å². The monoisotopic (exact) mass is 341 g/mol. The maximum Gasteiger partial charge on any atom is 0.161 e. The average Bonchev–Trinajstić information content (AvgIpc) is 3.04. The van der Waals surface area contributed by atoms with Gasteiger partial charge < -0.3 is 19.9 Å². The Balaban J connectivity index is 1.85. The topological polar surface area (TPSA) is 50.7 Å². The molecule has 0 radical (unpaired) electrons. The first kappa shape index (κ1) is 17.8. The Morgan fingerprint density at radius 2 is 1.96 bits per heavy atom. The minimum absolute atomic E-state index is 0.189. The maximum absolute atomic E-state index is 10.3. The standard InChI is InChI=1S/C21H27NO3/c1-15(23)21(2)14-22-12-18(21)17-9-10-19(24-3)20(11-17)25-13-16-7-5-4-6-8-16/h4-11,15,18,22-23H,12-14H2,1-3H3/t15-,18+,21+/m1/s1. The van der Waals surface area contributed by atoms with E-state index in [-0.39, 0.29) is 17.4 Å². The number of rotatable bonds is 6. The van der Waals surface area contributed by atoms with Crippen LogP contribution in [0.25, 0.3) is 0 Å². The van der Waals surface area contributed by atoms with Gasteiger partial charge in [0.25, 0.3) is 0 Å². The molecule has 1 aliphatic rings. The van der Waals surface area contributed by atoms with E-state index in [4.69, 9.17) is 9.47 Å². The molecule has 0 aromatic heterocycles. The van der Waals surface area contributed by atoms with Crippen molar-refractivity contribution in [1.29, 1.82) is 0 Å². The lowest BCUT2D eigenvalue weighted by molar-refractivity contribution is 0.0549. The van der Waals surface area contributed by atoms with Crippen LogP contribution in [0.1, 0.15) is 30.9 Å². The van der Waals surface area contributed by atoms with Crippen LogP contribution in [-0.2, 0) is 6.61 Å². The molecule has 4 heteroatoms. The molecule has 1 heterocycles. The number of aliphatic hydroxyl groups excluding tert-OH is 1. The SMILES string of the molecule is COc1ccc([C@@H]2CNC[C@@]2(C)[C@@H](C)O)cc1OCc1ccccc1. The van der Waals surface area contributed by atoms with Gasteiger partial charge in [-0.25, -0.2) is 0 Å². The van der Waals surface area contributed by atoms with Crippen LogP contribution in [0.15, 0.2) is 48.5 Å². The summed E-state index contributed by atoms with van der Waals surface area (Å²) >= 11 is 0. The number of hydrogen-bond donors (Lipinski definition) is 2. The van der Waals surface area contributed by atoms with Gasteiger partial charge in [-0.2, -0.15) is 0 Å². The summed E-state index contributed by atoms with van der Waals surface area (Å²) < 4.78 is 11.5. The Kier molecular flexibility index (Phi) is 5.30. The van der Waals surface area contributed by atoms with Gasteiger partial charge in [-0.15, -0.1) is 0 Å². The fraction of sp³-hybridized carbons (Fsp3) is 0.429. The molecular formula is C21H27NO3. The van der Waals surface area contributed by atoms with Crippen molar-refractivity contribution in [2.45, 2.75) is 32.5 Å². The average molecular weight is 341 g/mol. The Morgan fingerprint density at radius 3 is 2.64 bits per heavy atom. The van der Waals surface area contributed by atoms with E-state index in [0.717, 1.165) is 35.7 Å². The third-order valence-corrected chi connectivity index (χ3v) is 5.43. The van der Waals surface area contributed by atoms with E-state index in [2.05, 4.69) is 24.4 Å². The first-order valence-corrected chi connectivity index (χ1v) is 8.78. The summed E-state index contributed by atoms with van der Waals surface area (Å²) in [4.78, 5) is 0. The van der Waals surface area contributed by atoms with Gasteiger partial charge in [0.05, 0.1) is 13.2 Å². The first-order valence-electron chi connectivity index (χ1n) is 8.78. The molecule has 4 nitrogen and oxygen atoms in total. The van der Waals surface area contributed by atoms with Crippen molar-refractivity contribution in [3.8, 4) is 11.5 Å². The molecule has 2 aromatic carbocycles. The zero-order valence-corrected chi connectivity index (χ0v) is 15.2. The molecule has 0 unspecified atom stereocenters. The Labute approximate surface area is 149 Å². The number of nitrogens with one attached hydrogen (secondary N) is 1. The van der Waals surface area contributed by atoms with Crippen molar-refractivity contribution in [3.05, 3.63) is 59.7 Å². The highest BCUT2D eigenvalue weighted by Gasteiger charge is 2.43. The van der Waals surface area contributed by atoms with Crippen molar-refractivity contribution in [2.75, 3.05) is 20.2 Å². The molecule has 1 saturated heterocycles. The second kappa shape index (κ2) is 7.46. The first-order chi connectivity index (χ1) is 12.0. The van der Waals surface area contributed by atoms with Crippen LogP contribution in [0, 0.1) is 5.41 Å². The summed E-state index contributed by atoms with van der Waals surface area (Å²) in [5.41, 5.74) is 2.09. The summed E-state index contributed by atoms with van der Waals surface area (Å²) in [6.07, 6.45) is -0.386. The van der Waals surface area contributed by atoms with E-state index in [0.29, 0.717) is 6.61 Å². The van der Waals surface area contributed by atoms with Crippen LogP contribution in [0.2, 0.25) is 0 Å². The van der Waals surface area contributed by atoms with Crippen molar-refractivity contribution < 1.29 is 14.6 Å². The molecule has 0 spiro atoms. The summed E-state index contributed by atoms with van der Waals surface area (Å²) in [6, 6.07) is 16.2. The van der Waals surface area contributed by atoms with Crippen LogP contribution in [0.3, 0.4) is 0 Å². The summed E-state index contributed by atoms with van der Waals surface area (Å²) in [6.45, 7) is 6.16. The second-order valence-electron chi connectivity index (χ2n) is 7.05. The van der Waals surface area contributed by atoms with Gasteiger partial charge in [-0.1, -0.05) is 43.3 Å². The molecule has 25 heavy (non-hydrogen) atoms. The lowest BCUT2D eigenvalue weighted by Crippen LogP contribution is -2.36. The van der Waals surface area contributed by atoms with E-state index in [1.54, 1.807) is 7.11 Å². The fourth-order valence-corrected chi connectivity index (χ4v) is 3.54. The van der Waals surface area contributed by atoms with Gasteiger partial charge in [0.1, 0.15) is 6.61 Å². The zero-order valence-electron chi connectivity index (χ0n) is 15.2. The molecule has 3 atom stereocenters. The summed E-state index contributed by atoms with van der Waals surface area (Å²) in [5, 5.41) is 13.7. The maximum atomic E-state index is 10.3. The smallest absolute Gasteiger partial charge is 0.161 e. The molecular weight excluding hydrogens is 314 g/mol. The Bertz CT molecular complexity index is 702. The molecule has 2 N–H and O–H groups in total. The largest absolute Gasteiger partial charge is 0.493 e. The molecule has 3 rings (SSSR count). The molecule has 0 bridgehead atoms. The van der Waals surface area contributed by atoms with Gasteiger partial charge >= 0.3 is 0 Å². The van der Waals surface area contributed by atoms with E-state index in [9.17, 15) is 5.11 Å². The quantitative estimate of drug-likeness (QED) is 0.846. The van der Waals surface area contributed by atoms with Crippen molar-refractivity contribution >= 4 is 0 Å². The Morgan fingerprint density at radius 1 is 1.20 bits per heavy atom. The van der Waals surface area contributed by atoms with Gasteiger partial charge in [0.2, 0.25) is 0 Å². The summed E-state index contributed by atoms with van der Waals surface area (Å²) in [7, 11) is 1.65. The third-order valence-electron chi connectivity index (χ3n) is 5.43. The minimum atomic E-state index is -0.386. The van der Waals surface area contributed by atoms with Crippen LogP contribution < -0.4 is 14.8 Å².